The van der Waals surface area contributed by atoms with Gasteiger partial charge in [0, 0.05) is 23.6 Å². The number of pyridine rings is 1. The molecule has 2 aromatic carbocycles. The first-order valence-electron chi connectivity index (χ1n) is 9.20. The second-order valence-corrected chi connectivity index (χ2v) is 7.30. The number of hydrogen-bond acceptors (Lipinski definition) is 3. The highest BCUT2D eigenvalue weighted by Crippen LogP contribution is 2.31. The molecule has 1 atom stereocenters. The third-order valence-electron chi connectivity index (χ3n) is 5.22. The number of nitrogens with zero attached hydrogens (tertiary/aromatic N) is 3. The third-order valence-corrected chi connectivity index (χ3v) is 5.59. The molecular weight excluding hydrogens is 352 g/mol. The van der Waals surface area contributed by atoms with E-state index in [0.717, 1.165) is 40.0 Å². The fourth-order valence-electron chi connectivity index (χ4n) is 3.31. The summed E-state index contributed by atoms with van der Waals surface area (Å²) in [6, 6.07) is 19.0. The number of nitrogens with one attached hydrogen (secondary N) is 1. The minimum atomic E-state index is 0.563. The van der Waals surface area contributed by atoms with Crippen molar-refractivity contribution in [3.63, 3.8) is 0 Å². The van der Waals surface area contributed by atoms with Gasteiger partial charge in [0.05, 0.1) is 11.2 Å². The molecule has 136 valence electrons. The van der Waals surface area contributed by atoms with Crippen molar-refractivity contribution in [1.29, 1.82) is 0 Å². The number of aromatic amines is 1. The molecule has 27 heavy (non-hydrogen) atoms. The molecule has 0 unspecified atom stereocenters. The summed E-state index contributed by atoms with van der Waals surface area (Å²) in [5.74, 6) is 1.38. The zero-order valence-electron chi connectivity index (χ0n) is 15.7. The summed E-state index contributed by atoms with van der Waals surface area (Å²) in [4.78, 5) is 4.89. The van der Waals surface area contributed by atoms with Crippen LogP contribution < -0.4 is 0 Å². The van der Waals surface area contributed by atoms with E-state index in [1.54, 1.807) is 0 Å². The zero-order valence-corrected chi connectivity index (χ0v) is 16.5. The van der Waals surface area contributed by atoms with Gasteiger partial charge in [-0.1, -0.05) is 56.3 Å². The van der Waals surface area contributed by atoms with Crippen molar-refractivity contribution in [1.82, 2.24) is 19.7 Å². The predicted octanol–water partition coefficient (Wildman–Crippen LogP) is 5.87. The minimum Gasteiger partial charge on any atom is -0.303 e. The van der Waals surface area contributed by atoms with Gasteiger partial charge < -0.3 is 4.57 Å². The molecule has 0 aliphatic heterocycles. The quantitative estimate of drug-likeness (QED) is 0.454. The lowest BCUT2D eigenvalue weighted by Crippen LogP contribution is -1.96. The molecule has 2 aromatic heterocycles. The van der Waals surface area contributed by atoms with Gasteiger partial charge in [0.25, 0.3) is 0 Å². The van der Waals surface area contributed by atoms with Crippen molar-refractivity contribution < 1.29 is 0 Å². The van der Waals surface area contributed by atoms with Gasteiger partial charge in [-0.2, -0.15) is 5.10 Å². The van der Waals surface area contributed by atoms with E-state index in [0.29, 0.717) is 10.7 Å². The number of H-pyrrole nitrogens is 1. The molecule has 1 N–H and O–H groups in total. The Labute approximate surface area is 163 Å². The summed E-state index contributed by atoms with van der Waals surface area (Å²) < 4.78 is 2.50. The Morgan fingerprint density at radius 2 is 1.85 bits per heavy atom. The first kappa shape index (κ1) is 17.6. The minimum absolute atomic E-state index is 0.563. The number of benzene rings is 2. The summed E-state index contributed by atoms with van der Waals surface area (Å²) in [6.07, 6.45) is 1.14. The number of rotatable bonds is 4. The monoisotopic (exact) mass is 374 g/mol. The summed E-state index contributed by atoms with van der Waals surface area (Å²) in [5.41, 5.74) is 5.37. The lowest BCUT2D eigenvalue weighted by Gasteiger charge is -2.12. The SMILES string of the molecule is CC[C@H](C)c1ccc(-c2cc(-c3n[nH]c(=S)n3C)c3ccccc3n2)cc1. The van der Waals surface area contributed by atoms with Crippen molar-refractivity contribution in [3.8, 4) is 22.6 Å². The van der Waals surface area contributed by atoms with Crippen LogP contribution in [0.1, 0.15) is 31.7 Å². The van der Waals surface area contributed by atoms with Crippen LogP contribution in [0.2, 0.25) is 0 Å². The number of hydrogen-bond donors (Lipinski definition) is 1. The maximum atomic E-state index is 5.30. The Morgan fingerprint density at radius 3 is 2.52 bits per heavy atom. The number of aromatic nitrogens is 4. The Bertz CT molecular complexity index is 1160. The summed E-state index contributed by atoms with van der Waals surface area (Å²) in [5, 5.41) is 8.38. The normalized spacial score (nSPS) is 12.4. The van der Waals surface area contributed by atoms with E-state index in [2.05, 4.69) is 60.4 Å². The second kappa shape index (κ2) is 7.08. The van der Waals surface area contributed by atoms with Gasteiger partial charge in [0.2, 0.25) is 0 Å². The largest absolute Gasteiger partial charge is 0.303 e. The first-order chi connectivity index (χ1) is 13.1. The van der Waals surface area contributed by atoms with Crippen LogP contribution >= 0.6 is 12.2 Å². The van der Waals surface area contributed by atoms with E-state index in [-0.39, 0.29) is 0 Å². The van der Waals surface area contributed by atoms with Gasteiger partial charge in [-0.15, -0.1) is 0 Å². The summed E-state index contributed by atoms with van der Waals surface area (Å²) in [6.45, 7) is 4.47. The molecule has 0 aliphatic carbocycles. The summed E-state index contributed by atoms with van der Waals surface area (Å²) >= 11 is 5.30. The Balaban J connectivity index is 1.90. The van der Waals surface area contributed by atoms with Crippen LogP contribution in [-0.4, -0.2) is 19.7 Å². The molecule has 0 spiro atoms. The molecular formula is C22H22N4S. The van der Waals surface area contributed by atoms with Crippen LogP contribution in [0.15, 0.2) is 54.6 Å². The lowest BCUT2D eigenvalue weighted by molar-refractivity contribution is 0.734. The van der Waals surface area contributed by atoms with E-state index in [9.17, 15) is 0 Å². The van der Waals surface area contributed by atoms with Crippen molar-refractivity contribution in [2.24, 2.45) is 7.05 Å². The topological polar surface area (TPSA) is 46.5 Å². The first-order valence-corrected chi connectivity index (χ1v) is 9.61. The van der Waals surface area contributed by atoms with Crippen LogP contribution in [0.5, 0.6) is 0 Å². The van der Waals surface area contributed by atoms with Crippen LogP contribution in [0.25, 0.3) is 33.5 Å². The zero-order chi connectivity index (χ0) is 19.0. The smallest absolute Gasteiger partial charge is 0.195 e. The van der Waals surface area contributed by atoms with Gasteiger partial charge in [-0.3, -0.25) is 5.10 Å². The highest BCUT2D eigenvalue weighted by molar-refractivity contribution is 7.71. The standard InChI is InChI=1S/C22H22N4S/c1-4-14(2)15-9-11-16(12-10-15)20-13-18(21-24-25-22(27)26(21)3)17-7-5-6-8-19(17)23-20/h5-14H,4H2,1-3H3,(H,25,27)/t14-/m0/s1. The van der Waals surface area contributed by atoms with Gasteiger partial charge in [-0.25, -0.2) is 4.98 Å². The molecule has 2 heterocycles. The van der Waals surface area contributed by atoms with Crippen molar-refractivity contribution in [3.05, 3.63) is 64.9 Å². The van der Waals surface area contributed by atoms with Crippen molar-refractivity contribution in [2.45, 2.75) is 26.2 Å². The Morgan fingerprint density at radius 1 is 1.11 bits per heavy atom. The van der Waals surface area contributed by atoms with Crippen LogP contribution in [0, 0.1) is 4.77 Å². The molecule has 0 radical (unpaired) electrons. The van der Waals surface area contributed by atoms with Crippen molar-refractivity contribution in [2.75, 3.05) is 0 Å². The van der Waals surface area contributed by atoms with Crippen LogP contribution in [-0.2, 0) is 7.05 Å². The van der Waals surface area contributed by atoms with Crippen LogP contribution in [0.4, 0.5) is 0 Å². The van der Waals surface area contributed by atoms with Gasteiger partial charge in [0.1, 0.15) is 0 Å². The summed E-state index contributed by atoms with van der Waals surface area (Å²) in [7, 11) is 1.93. The fourth-order valence-corrected chi connectivity index (χ4v) is 3.45. The molecule has 0 aliphatic rings. The third kappa shape index (κ3) is 3.19. The van der Waals surface area contributed by atoms with E-state index in [1.807, 2.05) is 29.8 Å². The van der Waals surface area contributed by atoms with E-state index >= 15 is 0 Å². The second-order valence-electron chi connectivity index (χ2n) is 6.91. The van der Waals surface area contributed by atoms with Crippen molar-refractivity contribution >= 4 is 23.1 Å². The molecule has 0 amide bonds. The molecule has 4 nitrogen and oxygen atoms in total. The average Bonchev–Trinajstić information content (AvgIpc) is 3.05. The highest BCUT2D eigenvalue weighted by Gasteiger charge is 2.14. The maximum Gasteiger partial charge on any atom is 0.195 e. The molecule has 0 saturated carbocycles. The molecule has 5 heteroatoms. The predicted molar refractivity (Wildman–Crippen MR) is 113 cm³/mol. The van der Waals surface area contributed by atoms with Gasteiger partial charge in [-0.05, 0) is 42.3 Å². The van der Waals surface area contributed by atoms with E-state index in [4.69, 9.17) is 17.2 Å². The number of fused-ring (bicyclic) bond motifs is 1. The van der Waals surface area contributed by atoms with E-state index in [1.165, 1.54) is 5.56 Å². The lowest BCUT2D eigenvalue weighted by atomic mass is 9.96. The van der Waals surface area contributed by atoms with Crippen LogP contribution in [0.3, 0.4) is 0 Å². The van der Waals surface area contributed by atoms with E-state index < -0.39 is 0 Å². The molecule has 0 saturated heterocycles. The highest BCUT2D eigenvalue weighted by atomic mass is 32.1. The Kier molecular flexibility index (Phi) is 4.62. The van der Waals surface area contributed by atoms with Gasteiger partial charge >= 0.3 is 0 Å². The number of para-hydroxylation sites is 1. The fraction of sp³-hybridized carbons (Fsp3) is 0.227. The van der Waals surface area contributed by atoms with Gasteiger partial charge in [0.15, 0.2) is 10.6 Å². The maximum absolute atomic E-state index is 5.30. The Hall–Kier alpha value is -2.79. The molecule has 4 rings (SSSR count). The molecule has 4 aromatic rings. The average molecular weight is 375 g/mol. The molecule has 0 bridgehead atoms. The molecule has 0 fully saturated rings.